The van der Waals surface area contributed by atoms with Crippen molar-refractivity contribution in [2.45, 2.75) is 12.6 Å². The SMILES string of the molecule is C=C1NC(=S)N[C@@H](c2cccc(OCc3ccc(F)cc3)c2)[C@@H]1C(=O)Nc1ccc(OC)cc1OC. The van der Waals surface area contributed by atoms with E-state index in [-0.39, 0.29) is 18.3 Å². The molecule has 1 saturated heterocycles. The van der Waals surface area contributed by atoms with Gasteiger partial charge in [0.05, 0.1) is 25.9 Å². The molecule has 0 unspecified atom stereocenters. The lowest BCUT2D eigenvalue weighted by atomic mass is 9.88. The summed E-state index contributed by atoms with van der Waals surface area (Å²) < 4.78 is 29.7. The minimum absolute atomic E-state index is 0.273. The number of thiocarbonyl (C=S) groups is 1. The van der Waals surface area contributed by atoms with E-state index in [1.54, 1.807) is 37.4 Å². The van der Waals surface area contributed by atoms with Gasteiger partial charge in [-0.1, -0.05) is 30.8 Å². The molecule has 1 aliphatic heterocycles. The van der Waals surface area contributed by atoms with Crippen LogP contribution in [0, 0.1) is 11.7 Å². The fraction of sp³-hybridized carbons (Fsp3) is 0.185. The van der Waals surface area contributed by atoms with Crippen LogP contribution in [0.25, 0.3) is 0 Å². The highest BCUT2D eigenvalue weighted by Gasteiger charge is 2.37. The number of hydrogen-bond acceptors (Lipinski definition) is 5. The van der Waals surface area contributed by atoms with Crippen molar-refractivity contribution in [2.75, 3.05) is 19.5 Å². The van der Waals surface area contributed by atoms with Gasteiger partial charge in [-0.15, -0.1) is 0 Å². The van der Waals surface area contributed by atoms with Crippen molar-refractivity contribution in [3.8, 4) is 17.2 Å². The van der Waals surface area contributed by atoms with E-state index >= 15 is 0 Å². The van der Waals surface area contributed by atoms with Gasteiger partial charge >= 0.3 is 0 Å². The third-order valence-electron chi connectivity index (χ3n) is 5.75. The van der Waals surface area contributed by atoms with E-state index in [9.17, 15) is 9.18 Å². The van der Waals surface area contributed by atoms with Crippen LogP contribution in [0.3, 0.4) is 0 Å². The van der Waals surface area contributed by atoms with Crippen molar-refractivity contribution in [1.82, 2.24) is 10.6 Å². The van der Waals surface area contributed by atoms with Crippen molar-refractivity contribution in [1.29, 1.82) is 0 Å². The second kappa shape index (κ2) is 11.1. The number of anilines is 1. The molecule has 186 valence electrons. The number of benzene rings is 3. The van der Waals surface area contributed by atoms with Gasteiger partial charge in [0.1, 0.15) is 35.6 Å². The molecule has 3 aromatic rings. The Bertz CT molecular complexity index is 1280. The van der Waals surface area contributed by atoms with Crippen molar-refractivity contribution in [2.24, 2.45) is 5.92 Å². The molecule has 0 radical (unpaired) electrons. The Labute approximate surface area is 214 Å². The third-order valence-corrected chi connectivity index (χ3v) is 5.97. The molecular formula is C27H26FN3O4S. The van der Waals surface area contributed by atoms with E-state index in [0.29, 0.717) is 33.7 Å². The highest BCUT2D eigenvalue weighted by atomic mass is 32.1. The quantitative estimate of drug-likeness (QED) is 0.381. The number of halogens is 1. The maximum Gasteiger partial charge on any atom is 0.235 e. The molecule has 3 N–H and O–H groups in total. The number of methoxy groups -OCH3 is 2. The van der Waals surface area contributed by atoms with E-state index in [4.69, 9.17) is 26.4 Å². The minimum Gasteiger partial charge on any atom is -0.497 e. The summed E-state index contributed by atoms with van der Waals surface area (Å²) in [6, 6.07) is 18.2. The summed E-state index contributed by atoms with van der Waals surface area (Å²) in [5, 5.41) is 9.44. The van der Waals surface area contributed by atoms with Crippen LogP contribution in [0.5, 0.6) is 17.2 Å². The fourth-order valence-corrected chi connectivity index (χ4v) is 4.19. The highest BCUT2D eigenvalue weighted by Crippen LogP contribution is 2.34. The monoisotopic (exact) mass is 507 g/mol. The molecule has 1 heterocycles. The molecule has 1 amide bonds. The summed E-state index contributed by atoms with van der Waals surface area (Å²) >= 11 is 5.34. The largest absolute Gasteiger partial charge is 0.497 e. The normalized spacial score (nSPS) is 17.0. The van der Waals surface area contributed by atoms with Crippen LogP contribution in [-0.4, -0.2) is 25.2 Å². The van der Waals surface area contributed by atoms with Crippen LogP contribution in [-0.2, 0) is 11.4 Å². The zero-order valence-electron chi connectivity index (χ0n) is 19.8. The van der Waals surface area contributed by atoms with Crippen molar-refractivity contribution >= 4 is 28.9 Å². The topological polar surface area (TPSA) is 80.9 Å². The Morgan fingerprint density at radius 2 is 1.83 bits per heavy atom. The molecule has 1 aliphatic rings. The molecule has 1 fully saturated rings. The summed E-state index contributed by atoms with van der Waals surface area (Å²) in [6.07, 6.45) is 0. The summed E-state index contributed by atoms with van der Waals surface area (Å²) in [5.74, 6) is 0.379. The van der Waals surface area contributed by atoms with E-state index < -0.39 is 12.0 Å². The molecule has 7 nitrogen and oxygen atoms in total. The van der Waals surface area contributed by atoms with Gasteiger partial charge in [-0.05, 0) is 59.7 Å². The lowest BCUT2D eigenvalue weighted by Gasteiger charge is -2.35. The maximum atomic E-state index is 13.5. The lowest BCUT2D eigenvalue weighted by Crippen LogP contribution is -2.51. The van der Waals surface area contributed by atoms with Crippen molar-refractivity contribution in [3.63, 3.8) is 0 Å². The molecule has 3 aromatic carbocycles. The second-order valence-corrected chi connectivity index (χ2v) is 8.53. The van der Waals surface area contributed by atoms with Crippen LogP contribution in [0.4, 0.5) is 10.1 Å². The molecule has 36 heavy (non-hydrogen) atoms. The molecule has 9 heteroatoms. The number of carbonyl (C=O) groups excluding carboxylic acids is 1. The smallest absolute Gasteiger partial charge is 0.235 e. The first-order valence-electron chi connectivity index (χ1n) is 11.1. The molecule has 2 atom stereocenters. The first kappa shape index (κ1) is 25.0. The van der Waals surface area contributed by atoms with Gasteiger partial charge in [0, 0.05) is 11.8 Å². The number of rotatable bonds is 8. The molecule has 0 saturated carbocycles. The number of amides is 1. The average Bonchev–Trinajstić information content (AvgIpc) is 2.88. The molecule has 4 rings (SSSR count). The zero-order chi connectivity index (χ0) is 25.7. The van der Waals surface area contributed by atoms with Crippen molar-refractivity contribution < 1.29 is 23.4 Å². The summed E-state index contributed by atoms with van der Waals surface area (Å²) in [6.45, 7) is 4.32. The molecule has 0 bridgehead atoms. The Kier molecular flexibility index (Phi) is 7.70. The summed E-state index contributed by atoms with van der Waals surface area (Å²) in [4.78, 5) is 13.5. The van der Waals surface area contributed by atoms with Gasteiger partial charge in [0.15, 0.2) is 5.11 Å². The van der Waals surface area contributed by atoms with Crippen molar-refractivity contribution in [3.05, 3.63) is 96.0 Å². The van der Waals surface area contributed by atoms with Crippen LogP contribution >= 0.6 is 12.2 Å². The molecule has 0 aromatic heterocycles. The van der Waals surface area contributed by atoms with Gasteiger partial charge in [-0.3, -0.25) is 4.79 Å². The van der Waals surface area contributed by atoms with E-state index in [0.717, 1.165) is 11.1 Å². The zero-order valence-corrected chi connectivity index (χ0v) is 20.7. The van der Waals surface area contributed by atoms with Gasteiger partial charge < -0.3 is 30.2 Å². The number of ether oxygens (including phenoxy) is 3. The standard InChI is InChI=1S/C27H26FN3O4S/c1-16-24(26(32)30-22-12-11-20(33-2)14-23(22)34-3)25(31-27(36)29-16)18-5-4-6-21(13-18)35-15-17-7-9-19(28)10-8-17/h4-14,24-25H,1,15H2,2-3H3,(H,30,32)(H2,29,31,36)/t24-,25+/m1/s1. The molecule has 0 spiro atoms. The molecule has 0 aliphatic carbocycles. The predicted molar refractivity (Wildman–Crippen MR) is 140 cm³/mol. The van der Waals surface area contributed by atoms with Crippen LogP contribution in [0.1, 0.15) is 17.2 Å². The van der Waals surface area contributed by atoms with Crippen LogP contribution in [0.2, 0.25) is 0 Å². The number of hydrogen-bond donors (Lipinski definition) is 3. The van der Waals surface area contributed by atoms with Crippen LogP contribution in [0.15, 0.2) is 79.0 Å². The molecular weight excluding hydrogens is 481 g/mol. The summed E-state index contributed by atoms with van der Waals surface area (Å²) in [5.41, 5.74) is 2.59. The average molecular weight is 508 g/mol. The first-order chi connectivity index (χ1) is 17.4. The lowest BCUT2D eigenvalue weighted by molar-refractivity contribution is -0.119. The maximum absolute atomic E-state index is 13.5. The Hall–Kier alpha value is -4.11. The Morgan fingerprint density at radius 3 is 2.56 bits per heavy atom. The second-order valence-electron chi connectivity index (χ2n) is 8.12. The Morgan fingerprint density at radius 1 is 1.06 bits per heavy atom. The first-order valence-corrected chi connectivity index (χ1v) is 11.5. The van der Waals surface area contributed by atoms with Gasteiger partial charge in [0.2, 0.25) is 5.91 Å². The van der Waals surface area contributed by atoms with Gasteiger partial charge in [0.25, 0.3) is 0 Å². The van der Waals surface area contributed by atoms with Gasteiger partial charge in [-0.2, -0.15) is 0 Å². The minimum atomic E-state index is -0.698. The highest BCUT2D eigenvalue weighted by molar-refractivity contribution is 7.80. The van der Waals surface area contributed by atoms with E-state index in [1.807, 2.05) is 24.3 Å². The Balaban J connectivity index is 1.56. The van der Waals surface area contributed by atoms with Gasteiger partial charge in [-0.25, -0.2) is 4.39 Å². The van der Waals surface area contributed by atoms with E-state index in [2.05, 4.69) is 22.5 Å². The predicted octanol–water partition coefficient (Wildman–Crippen LogP) is 4.71. The fourth-order valence-electron chi connectivity index (χ4n) is 3.93. The van der Waals surface area contributed by atoms with Crippen LogP contribution < -0.4 is 30.2 Å². The number of carbonyl (C=O) groups is 1. The third kappa shape index (κ3) is 5.75. The summed E-state index contributed by atoms with van der Waals surface area (Å²) in [7, 11) is 3.08. The number of nitrogens with one attached hydrogen (secondary N) is 3. The van der Waals surface area contributed by atoms with E-state index in [1.165, 1.54) is 19.2 Å².